The number of amides is 1. The van der Waals surface area contributed by atoms with Crippen LogP contribution in [-0.2, 0) is 17.6 Å². The second kappa shape index (κ2) is 7.91. The first kappa shape index (κ1) is 20.5. The molecule has 160 valence electrons. The number of rotatable bonds is 4. The predicted molar refractivity (Wildman–Crippen MR) is 127 cm³/mol. The third-order valence-corrected chi connectivity index (χ3v) is 8.09. The largest absolute Gasteiger partial charge is 0.325 e. The number of thiophene rings is 1. The van der Waals surface area contributed by atoms with Crippen molar-refractivity contribution in [3.8, 4) is 0 Å². The SMILES string of the molecule is Cc1cccc(C)c1NC(=O)CSc1nnc2c3c4c(sc3nc(C)n12)C[C@H](C)CC4. The Labute approximate surface area is 189 Å². The maximum atomic E-state index is 12.6. The van der Waals surface area contributed by atoms with E-state index in [1.165, 1.54) is 28.6 Å². The standard InChI is InChI=1S/C23H25N5OS2/c1-12-8-9-16-17(10-12)31-22-19(16)21-26-27-23(28(21)15(4)24-22)30-11-18(29)25-20-13(2)6-5-7-14(20)3/h5-7,12H,8-11H2,1-4H3,(H,25,29)/t12-/m1/s1. The number of nitrogens with one attached hydrogen (secondary N) is 1. The van der Waals surface area contributed by atoms with Gasteiger partial charge in [0, 0.05) is 10.6 Å². The molecule has 0 aliphatic heterocycles. The van der Waals surface area contributed by atoms with Gasteiger partial charge in [-0.05, 0) is 62.6 Å². The third kappa shape index (κ3) is 3.61. The number of para-hydroxylation sites is 1. The second-order valence-corrected chi connectivity index (χ2v) is 10.5. The number of aromatic nitrogens is 4. The molecule has 1 amide bonds. The lowest BCUT2D eigenvalue weighted by Crippen LogP contribution is -2.16. The Bertz CT molecular complexity index is 1300. The molecule has 3 heterocycles. The summed E-state index contributed by atoms with van der Waals surface area (Å²) in [7, 11) is 0. The lowest BCUT2D eigenvalue weighted by molar-refractivity contribution is -0.113. The quantitative estimate of drug-likeness (QED) is 0.436. The Morgan fingerprint density at radius 1 is 1.26 bits per heavy atom. The molecule has 0 unspecified atom stereocenters. The molecular formula is C23H25N5OS2. The minimum Gasteiger partial charge on any atom is -0.325 e. The van der Waals surface area contributed by atoms with Gasteiger partial charge in [0.15, 0.2) is 10.8 Å². The molecule has 1 aliphatic carbocycles. The summed E-state index contributed by atoms with van der Waals surface area (Å²) >= 11 is 3.20. The van der Waals surface area contributed by atoms with Gasteiger partial charge in [0.2, 0.25) is 5.91 Å². The molecule has 1 aromatic carbocycles. The summed E-state index contributed by atoms with van der Waals surface area (Å²) in [5.74, 6) is 1.80. The van der Waals surface area contributed by atoms with Crippen molar-refractivity contribution < 1.29 is 4.79 Å². The fourth-order valence-electron chi connectivity index (χ4n) is 4.38. The Kier molecular flexibility index (Phi) is 5.22. The van der Waals surface area contributed by atoms with Crippen LogP contribution in [0.4, 0.5) is 5.69 Å². The van der Waals surface area contributed by atoms with Crippen molar-refractivity contribution in [1.82, 2.24) is 19.6 Å². The van der Waals surface area contributed by atoms with Crippen LogP contribution in [0.1, 0.15) is 40.7 Å². The van der Waals surface area contributed by atoms with E-state index in [0.29, 0.717) is 5.16 Å². The van der Waals surface area contributed by atoms with Crippen molar-refractivity contribution in [3.05, 3.63) is 45.6 Å². The number of carbonyl (C=O) groups excluding carboxylic acids is 1. The molecule has 6 nitrogen and oxygen atoms in total. The number of aryl methyl sites for hydroxylation is 4. The van der Waals surface area contributed by atoms with Crippen molar-refractivity contribution in [3.63, 3.8) is 0 Å². The van der Waals surface area contributed by atoms with Crippen LogP contribution in [0.2, 0.25) is 0 Å². The van der Waals surface area contributed by atoms with Gasteiger partial charge in [-0.3, -0.25) is 9.20 Å². The average Bonchev–Trinajstić information content (AvgIpc) is 3.30. The van der Waals surface area contributed by atoms with Crippen LogP contribution in [0.3, 0.4) is 0 Å². The van der Waals surface area contributed by atoms with Crippen LogP contribution in [0, 0.1) is 26.7 Å². The highest BCUT2D eigenvalue weighted by Gasteiger charge is 2.25. The number of hydrogen-bond acceptors (Lipinski definition) is 6. The highest BCUT2D eigenvalue weighted by molar-refractivity contribution is 7.99. The molecule has 5 rings (SSSR count). The molecule has 3 aromatic heterocycles. The number of hydrogen-bond donors (Lipinski definition) is 1. The lowest BCUT2D eigenvalue weighted by atomic mass is 9.89. The molecule has 0 bridgehead atoms. The van der Waals surface area contributed by atoms with Crippen LogP contribution in [0.25, 0.3) is 15.9 Å². The van der Waals surface area contributed by atoms with Gasteiger partial charge in [-0.25, -0.2) is 4.98 Å². The number of carbonyl (C=O) groups is 1. The Balaban J connectivity index is 1.43. The van der Waals surface area contributed by atoms with Gasteiger partial charge < -0.3 is 5.32 Å². The van der Waals surface area contributed by atoms with Crippen molar-refractivity contribution >= 4 is 50.6 Å². The van der Waals surface area contributed by atoms with Crippen LogP contribution >= 0.6 is 23.1 Å². The zero-order valence-corrected chi connectivity index (χ0v) is 19.8. The van der Waals surface area contributed by atoms with E-state index < -0.39 is 0 Å². The van der Waals surface area contributed by atoms with Crippen LogP contribution in [0.5, 0.6) is 0 Å². The lowest BCUT2D eigenvalue weighted by Gasteiger charge is -2.17. The molecule has 1 atom stereocenters. The molecule has 4 aromatic rings. The van der Waals surface area contributed by atoms with E-state index in [1.54, 1.807) is 11.3 Å². The molecule has 0 saturated heterocycles. The van der Waals surface area contributed by atoms with Crippen LogP contribution < -0.4 is 5.32 Å². The topological polar surface area (TPSA) is 72.2 Å². The zero-order valence-electron chi connectivity index (χ0n) is 18.2. The summed E-state index contributed by atoms with van der Waals surface area (Å²) in [6, 6.07) is 6.01. The number of anilines is 1. The molecule has 0 radical (unpaired) electrons. The maximum Gasteiger partial charge on any atom is 0.234 e. The normalized spacial score (nSPS) is 16.1. The maximum absolute atomic E-state index is 12.6. The van der Waals surface area contributed by atoms with E-state index in [-0.39, 0.29) is 11.7 Å². The van der Waals surface area contributed by atoms with Crippen LogP contribution in [-0.4, -0.2) is 31.2 Å². The molecule has 1 N–H and O–H groups in total. The van der Waals surface area contributed by atoms with Crippen molar-refractivity contribution in [2.45, 2.75) is 52.1 Å². The first-order valence-corrected chi connectivity index (χ1v) is 12.4. The van der Waals surface area contributed by atoms with Gasteiger partial charge in [0.05, 0.1) is 11.1 Å². The van der Waals surface area contributed by atoms with Gasteiger partial charge in [0.1, 0.15) is 10.7 Å². The summed E-state index contributed by atoms with van der Waals surface area (Å²) in [4.78, 5) is 20.0. The van der Waals surface area contributed by atoms with E-state index in [0.717, 1.165) is 57.3 Å². The average molecular weight is 452 g/mol. The van der Waals surface area contributed by atoms with Crippen molar-refractivity contribution in [2.75, 3.05) is 11.1 Å². The van der Waals surface area contributed by atoms with Crippen molar-refractivity contribution in [2.24, 2.45) is 5.92 Å². The third-order valence-electron chi connectivity index (χ3n) is 6.01. The van der Waals surface area contributed by atoms with Gasteiger partial charge in [-0.2, -0.15) is 0 Å². The zero-order chi connectivity index (χ0) is 21.7. The van der Waals surface area contributed by atoms with Crippen molar-refractivity contribution in [1.29, 1.82) is 0 Å². The number of fused-ring (bicyclic) bond motifs is 5. The smallest absolute Gasteiger partial charge is 0.234 e. The molecular weight excluding hydrogens is 426 g/mol. The molecule has 0 fully saturated rings. The summed E-state index contributed by atoms with van der Waals surface area (Å²) in [5.41, 5.74) is 5.27. The van der Waals surface area contributed by atoms with Gasteiger partial charge in [-0.15, -0.1) is 21.5 Å². The Morgan fingerprint density at radius 2 is 2.03 bits per heavy atom. The van der Waals surface area contributed by atoms with E-state index >= 15 is 0 Å². The number of thioether (sulfide) groups is 1. The van der Waals surface area contributed by atoms with E-state index in [9.17, 15) is 4.79 Å². The Hall–Kier alpha value is -2.45. The predicted octanol–water partition coefficient (Wildman–Crippen LogP) is 5.12. The van der Waals surface area contributed by atoms with E-state index in [2.05, 4.69) is 22.4 Å². The van der Waals surface area contributed by atoms with Gasteiger partial charge >= 0.3 is 0 Å². The second-order valence-electron chi connectivity index (χ2n) is 8.44. The summed E-state index contributed by atoms with van der Waals surface area (Å²) in [6.07, 6.45) is 3.40. The monoisotopic (exact) mass is 451 g/mol. The minimum atomic E-state index is -0.0484. The summed E-state index contributed by atoms with van der Waals surface area (Å²) < 4.78 is 2.00. The van der Waals surface area contributed by atoms with Gasteiger partial charge in [0.25, 0.3) is 0 Å². The highest BCUT2D eigenvalue weighted by atomic mass is 32.2. The van der Waals surface area contributed by atoms with E-state index in [4.69, 9.17) is 4.98 Å². The van der Waals surface area contributed by atoms with E-state index in [1.807, 2.05) is 43.4 Å². The van der Waals surface area contributed by atoms with Gasteiger partial charge in [-0.1, -0.05) is 36.9 Å². The Morgan fingerprint density at radius 3 is 2.81 bits per heavy atom. The minimum absolute atomic E-state index is 0.0484. The first-order valence-electron chi connectivity index (χ1n) is 10.6. The number of nitrogens with zero attached hydrogens (tertiary/aromatic N) is 4. The number of benzene rings is 1. The molecule has 1 aliphatic rings. The molecule has 0 spiro atoms. The summed E-state index contributed by atoms with van der Waals surface area (Å²) in [5, 5.41) is 13.9. The summed E-state index contributed by atoms with van der Waals surface area (Å²) in [6.45, 7) is 8.31. The highest BCUT2D eigenvalue weighted by Crippen LogP contribution is 2.39. The fourth-order valence-corrected chi connectivity index (χ4v) is 6.58. The molecule has 31 heavy (non-hydrogen) atoms. The first-order chi connectivity index (χ1) is 14.9. The molecule has 0 saturated carbocycles. The fraction of sp³-hybridized carbons (Fsp3) is 0.391. The molecule has 8 heteroatoms. The van der Waals surface area contributed by atoms with Crippen LogP contribution in [0.15, 0.2) is 23.4 Å².